The third-order valence-electron chi connectivity index (χ3n) is 4.07. The maximum Gasteiger partial charge on any atom is 0.119 e. The molecular weight excluding hydrogens is 314 g/mol. The van der Waals surface area contributed by atoms with Crippen LogP contribution >= 0.6 is 11.8 Å². The number of para-hydroxylation sites is 3. The summed E-state index contributed by atoms with van der Waals surface area (Å²) in [6, 6.07) is 27.3. The number of anilines is 2. The van der Waals surface area contributed by atoms with Crippen LogP contribution in [0.4, 0.5) is 11.4 Å². The van der Waals surface area contributed by atoms with E-state index in [0.29, 0.717) is 0 Å². The van der Waals surface area contributed by atoms with E-state index in [9.17, 15) is 0 Å². The minimum atomic E-state index is 0.720. The van der Waals surface area contributed by atoms with E-state index < -0.39 is 0 Å². The second kappa shape index (κ2) is 7.02. The summed E-state index contributed by atoms with van der Waals surface area (Å²) in [5.41, 5.74) is 2.59. The van der Waals surface area contributed by atoms with Crippen LogP contribution in [0.25, 0.3) is 0 Å². The van der Waals surface area contributed by atoms with Crippen molar-refractivity contribution in [3.63, 3.8) is 0 Å². The molecule has 4 rings (SSSR count). The zero-order valence-corrected chi connectivity index (χ0v) is 14.2. The summed E-state index contributed by atoms with van der Waals surface area (Å²) in [5, 5.41) is 0. The van der Waals surface area contributed by atoms with Gasteiger partial charge in [0.15, 0.2) is 0 Å². The van der Waals surface area contributed by atoms with Crippen molar-refractivity contribution in [2.75, 3.05) is 18.1 Å². The van der Waals surface area contributed by atoms with Crippen molar-refractivity contribution in [2.45, 2.75) is 16.2 Å². The van der Waals surface area contributed by atoms with Gasteiger partial charge in [0.25, 0.3) is 0 Å². The Hall–Kier alpha value is -2.39. The maximum absolute atomic E-state index is 5.84. The first-order chi connectivity index (χ1) is 11.9. The molecular formula is C21H19NOS. The molecule has 3 aromatic rings. The monoisotopic (exact) mass is 333 g/mol. The number of hydrogen-bond donors (Lipinski definition) is 0. The number of benzene rings is 3. The van der Waals surface area contributed by atoms with Gasteiger partial charge in [-0.1, -0.05) is 54.2 Å². The molecule has 0 radical (unpaired) electrons. The van der Waals surface area contributed by atoms with Crippen LogP contribution in [0.2, 0.25) is 0 Å². The Morgan fingerprint density at radius 3 is 1.96 bits per heavy atom. The number of hydrogen-bond acceptors (Lipinski definition) is 3. The first-order valence-electron chi connectivity index (χ1n) is 8.23. The van der Waals surface area contributed by atoms with Crippen LogP contribution in [0.1, 0.15) is 6.42 Å². The smallest absolute Gasteiger partial charge is 0.119 e. The molecule has 0 atom stereocenters. The van der Waals surface area contributed by atoms with Gasteiger partial charge in [0, 0.05) is 16.3 Å². The van der Waals surface area contributed by atoms with E-state index in [2.05, 4.69) is 53.4 Å². The van der Waals surface area contributed by atoms with Gasteiger partial charge >= 0.3 is 0 Å². The molecule has 0 aromatic heterocycles. The third-order valence-corrected chi connectivity index (χ3v) is 5.20. The molecule has 3 heteroatoms. The van der Waals surface area contributed by atoms with Crippen LogP contribution in [0.5, 0.6) is 5.75 Å². The summed E-state index contributed by atoms with van der Waals surface area (Å²) in [6.07, 6.45) is 0.974. The Morgan fingerprint density at radius 1 is 0.708 bits per heavy atom. The SMILES string of the molecule is c1ccc(OCCCN2c3ccccc3Sc3ccccc32)cc1. The quantitative estimate of drug-likeness (QED) is 0.551. The molecule has 0 N–H and O–H groups in total. The van der Waals surface area contributed by atoms with Gasteiger partial charge in [0.2, 0.25) is 0 Å². The van der Waals surface area contributed by atoms with Crippen LogP contribution in [0.3, 0.4) is 0 Å². The van der Waals surface area contributed by atoms with E-state index in [1.54, 1.807) is 0 Å². The Balaban J connectivity index is 1.48. The summed E-state index contributed by atoms with van der Waals surface area (Å²) in [6.45, 7) is 1.67. The molecule has 2 nitrogen and oxygen atoms in total. The molecule has 0 saturated heterocycles. The first-order valence-corrected chi connectivity index (χ1v) is 9.05. The fourth-order valence-corrected chi connectivity index (χ4v) is 4.05. The third kappa shape index (κ3) is 3.13. The molecule has 24 heavy (non-hydrogen) atoms. The fraction of sp³-hybridized carbons (Fsp3) is 0.143. The lowest BCUT2D eigenvalue weighted by molar-refractivity contribution is 0.313. The van der Waals surface area contributed by atoms with Crippen molar-refractivity contribution in [3.05, 3.63) is 78.9 Å². The summed E-state index contributed by atoms with van der Waals surface area (Å²) >= 11 is 1.85. The largest absolute Gasteiger partial charge is 0.494 e. The average molecular weight is 333 g/mol. The second-order valence-corrected chi connectivity index (χ2v) is 6.79. The highest BCUT2D eigenvalue weighted by molar-refractivity contribution is 7.99. The standard InChI is InChI=1S/C21H19NOS/c1-2-9-17(10-3-1)23-16-8-15-22-18-11-4-6-13-20(18)24-21-14-7-5-12-19(21)22/h1-7,9-14H,8,15-16H2. The molecule has 0 amide bonds. The molecule has 1 heterocycles. The number of rotatable bonds is 5. The summed E-state index contributed by atoms with van der Waals surface area (Å²) in [7, 11) is 0. The van der Waals surface area contributed by atoms with Crippen molar-refractivity contribution >= 4 is 23.1 Å². The predicted molar refractivity (Wildman–Crippen MR) is 101 cm³/mol. The van der Waals surface area contributed by atoms with Gasteiger partial charge in [-0.2, -0.15) is 0 Å². The summed E-state index contributed by atoms with van der Waals surface area (Å²) in [5.74, 6) is 0.938. The van der Waals surface area contributed by atoms with Crippen molar-refractivity contribution in [2.24, 2.45) is 0 Å². The topological polar surface area (TPSA) is 12.5 Å². The summed E-state index contributed by atoms with van der Waals surface area (Å²) < 4.78 is 5.84. The van der Waals surface area contributed by atoms with Gasteiger partial charge in [0.1, 0.15) is 5.75 Å². The minimum Gasteiger partial charge on any atom is -0.494 e. The molecule has 0 aliphatic carbocycles. The van der Waals surface area contributed by atoms with Crippen LogP contribution in [-0.2, 0) is 0 Å². The molecule has 0 unspecified atom stereocenters. The van der Waals surface area contributed by atoms with Gasteiger partial charge in [-0.05, 0) is 42.8 Å². The summed E-state index contributed by atoms with van der Waals surface area (Å²) in [4.78, 5) is 5.05. The van der Waals surface area contributed by atoms with E-state index in [1.165, 1.54) is 21.2 Å². The first kappa shape index (κ1) is 15.2. The van der Waals surface area contributed by atoms with Gasteiger partial charge < -0.3 is 9.64 Å². The molecule has 0 spiro atoms. The van der Waals surface area contributed by atoms with Crippen molar-refractivity contribution in [1.82, 2.24) is 0 Å². The van der Waals surface area contributed by atoms with Gasteiger partial charge in [-0.3, -0.25) is 0 Å². The minimum absolute atomic E-state index is 0.720. The van der Waals surface area contributed by atoms with Gasteiger partial charge in [-0.25, -0.2) is 0 Å². The normalized spacial score (nSPS) is 12.4. The molecule has 0 fully saturated rings. The van der Waals surface area contributed by atoms with Crippen LogP contribution in [0, 0.1) is 0 Å². The molecule has 3 aromatic carbocycles. The van der Waals surface area contributed by atoms with Crippen molar-refractivity contribution < 1.29 is 4.74 Å². The van der Waals surface area contributed by atoms with E-state index >= 15 is 0 Å². The number of ether oxygens (including phenoxy) is 1. The van der Waals surface area contributed by atoms with Crippen molar-refractivity contribution in [3.8, 4) is 5.75 Å². The van der Waals surface area contributed by atoms with Gasteiger partial charge in [0.05, 0.1) is 18.0 Å². The molecule has 1 aliphatic rings. The van der Waals surface area contributed by atoms with Crippen LogP contribution < -0.4 is 9.64 Å². The zero-order chi connectivity index (χ0) is 16.2. The van der Waals surface area contributed by atoms with E-state index in [0.717, 1.165) is 25.3 Å². The Kier molecular flexibility index (Phi) is 4.43. The zero-order valence-electron chi connectivity index (χ0n) is 13.4. The predicted octanol–water partition coefficient (Wildman–Crippen LogP) is 5.76. The molecule has 0 bridgehead atoms. The van der Waals surface area contributed by atoms with Crippen LogP contribution in [-0.4, -0.2) is 13.2 Å². The van der Waals surface area contributed by atoms with E-state index in [-0.39, 0.29) is 0 Å². The van der Waals surface area contributed by atoms with Gasteiger partial charge in [-0.15, -0.1) is 0 Å². The maximum atomic E-state index is 5.84. The lowest BCUT2D eigenvalue weighted by Gasteiger charge is -2.32. The Labute approximate surface area is 147 Å². The second-order valence-electron chi connectivity index (χ2n) is 5.70. The number of nitrogens with zero attached hydrogens (tertiary/aromatic N) is 1. The van der Waals surface area contributed by atoms with Crippen molar-refractivity contribution in [1.29, 1.82) is 0 Å². The number of fused-ring (bicyclic) bond motifs is 2. The highest BCUT2D eigenvalue weighted by Gasteiger charge is 2.22. The highest BCUT2D eigenvalue weighted by atomic mass is 32.2. The molecule has 1 aliphatic heterocycles. The molecule has 120 valence electrons. The average Bonchev–Trinajstić information content (AvgIpc) is 2.65. The fourth-order valence-electron chi connectivity index (χ4n) is 2.95. The lowest BCUT2D eigenvalue weighted by atomic mass is 10.2. The lowest BCUT2D eigenvalue weighted by Crippen LogP contribution is -2.23. The molecule has 0 saturated carbocycles. The Morgan fingerprint density at radius 2 is 1.29 bits per heavy atom. The van der Waals surface area contributed by atoms with E-state index in [1.807, 2.05) is 42.1 Å². The van der Waals surface area contributed by atoms with Crippen LogP contribution in [0.15, 0.2) is 88.7 Å². The van der Waals surface area contributed by atoms with E-state index in [4.69, 9.17) is 4.74 Å². The highest BCUT2D eigenvalue weighted by Crippen LogP contribution is 2.47. The Bertz CT molecular complexity index is 773.